The number of carbonyl (C=O) groups excluding carboxylic acids is 1. The number of alkyl halides is 3. The molecule has 0 saturated heterocycles. The Morgan fingerprint density at radius 2 is 1.92 bits per heavy atom. The van der Waals surface area contributed by atoms with Gasteiger partial charge in [0.05, 0.1) is 12.2 Å². The van der Waals surface area contributed by atoms with E-state index in [1.807, 2.05) is 0 Å². The molecule has 0 bridgehead atoms. The highest BCUT2D eigenvalue weighted by Crippen LogP contribution is 2.22. The summed E-state index contributed by atoms with van der Waals surface area (Å²) in [6.45, 7) is 1.66. The summed E-state index contributed by atoms with van der Waals surface area (Å²) in [6.07, 6.45) is -6.13. The molecule has 11 heteroatoms. The normalized spacial score (nSPS) is 13.1. The summed E-state index contributed by atoms with van der Waals surface area (Å²) < 4.78 is 62.7. The van der Waals surface area contributed by atoms with Crippen LogP contribution < -0.4 is 10.0 Å². The predicted molar refractivity (Wildman–Crippen MR) is 83.7 cm³/mol. The van der Waals surface area contributed by atoms with E-state index >= 15 is 0 Å². The smallest absolute Gasteiger partial charge is 0.391 e. The van der Waals surface area contributed by atoms with Gasteiger partial charge in [-0.25, -0.2) is 13.2 Å². The van der Waals surface area contributed by atoms with Crippen molar-refractivity contribution in [2.45, 2.75) is 32.0 Å². The molecule has 7 nitrogen and oxygen atoms in total. The number of amides is 1. The summed E-state index contributed by atoms with van der Waals surface area (Å²) in [4.78, 5) is 22.8. The van der Waals surface area contributed by atoms with Crippen molar-refractivity contribution in [1.29, 1.82) is 0 Å². The molecule has 0 aromatic heterocycles. The van der Waals surface area contributed by atoms with Crippen molar-refractivity contribution in [3.63, 3.8) is 0 Å². The first-order valence-electron chi connectivity index (χ1n) is 7.14. The second kappa shape index (κ2) is 8.19. The number of anilines is 1. The van der Waals surface area contributed by atoms with Crippen LogP contribution in [0.4, 0.5) is 18.9 Å². The summed E-state index contributed by atoms with van der Waals surface area (Å²) in [5.41, 5.74) is -0.131. The Hall–Kier alpha value is -2.30. The van der Waals surface area contributed by atoms with E-state index < -0.39 is 40.5 Å². The minimum atomic E-state index is -4.77. The minimum absolute atomic E-state index is 0.0452. The first-order chi connectivity index (χ1) is 11.4. The summed E-state index contributed by atoms with van der Waals surface area (Å²) >= 11 is 0. The van der Waals surface area contributed by atoms with Crippen molar-refractivity contribution in [2.24, 2.45) is 0 Å². The number of carboxylic acid groups (broad SMARTS) is 1. The molecule has 0 heterocycles. The van der Waals surface area contributed by atoms with Gasteiger partial charge in [-0.3, -0.25) is 9.52 Å². The number of sulfonamides is 1. The number of hydrogen-bond donors (Lipinski definition) is 3. The number of nitrogens with one attached hydrogen (secondary N) is 2. The Morgan fingerprint density at radius 1 is 1.28 bits per heavy atom. The van der Waals surface area contributed by atoms with E-state index in [1.165, 1.54) is 18.2 Å². The molecule has 1 aromatic carbocycles. The number of halogens is 3. The zero-order valence-corrected chi connectivity index (χ0v) is 13.9. The molecule has 140 valence electrons. The van der Waals surface area contributed by atoms with Crippen LogP contribution in [0.2, 0.25) is 0 Å². The zero-order chi connectivity index (χ0) is 19.3. The topological polar surface area (TPSA) is 113 Å². The third-order valence-corrected chi connectivity index (χ3v) is 4.40. The van der Waals surface area contributed by atoms with Gasteiger partial charge in [0.15, 0.2) is 0 Å². The van der Waals surface area contributed by atoms with Gasteiger partial charge in [0.25, 0.3) is 5.91 Å². The van der Waals surface area contributed by atoms with Gasteiger partial charge in [-0.1, -0.05) is 13.0 Å². The zero-order valence-electron chi connectivity index (χ0n) is 13.1. The van der Waals surface area contributed by atoms with Crippen LogP contribution in [0.3, 0.4) is 0 Å². The number of aliphatic carboxylic acids is 1. The molecule has 0 spiro atoms. The summed E-state index contributed by atoms with van der Waals surface area (Å²) in [5.74, 6) is -3.03. The Morgan fingerprint density at radius 3 is 2.44 bits per heavy atom. The van der Waals surface area contributed by atoms with Crippen molar-refractivity contribution in [3.05, 3.63) is 29.8 Å². The maximum Gasteiger partial charge on any atom is 0.391 e. The fraction of sp³-hybridized carbons (Fsp3) is 0.429. The summed E-state index contributed by atoms with van der Waals surface area (Å²) in [7, 11) is -3.61. The van der Waals surface area contributed by atoms with Crippen molar-refractivity contribution < 1.29 is 36.3 Å². The number of benzene rings is 1. The molecule has 1 aromatic rings. The first-order valence-corrected chi connectivity index (χ1v) is 8.79. The maximum absolute atomic E-state index is 12.4. The molecule has 0 aliphatic heterocycles. The molecule has 0 fully saturated rings. The average molecular weight is 382 g/mol. The van der Waals surface area contributed by atoms with Crippen LogP contribution in [-0.4, -0.2) is 43.4 Å². The van der Waals surface area contributed by atoms with E-state index in [-0.39, 0.29) is 17.0 Å². The van der Waals surface area contributed by atoms with Crippen molar-refractivity contribution in [3.8, 4) is 0 Å². The van der Waals surface area contributed by atoms with Gasteiger partial charge in [-0.2, -0.15) is 13.2 Å². The fourth-order valence-corrected chi connectivity index (χ4v) is 3.02. The van der Waals surface area contributed by atoms with Crippen LogP contribution in [0.1, 0.15) is 30.1 Å². The SMILES string of the molecule is CCCS(=O)(=O)Nc1cccc(C(=O)NC(CC(F)(F)F)C(=O)O)c1. The summed E-state index contributed by atoms with van der Waals surface area (Å²) in [5, 5.41) is 10.6. The van der Waals surface area contributed by atoms with E-state index in [9.17, 15) is 31.2 Å². The van der Waals surface area contributed by atoms with Gasteiger partial charge in [0, 0.05) is 11.3 Å². The highest BCUT2D eigenvalue weighted by molar-refractivity contribution is 7.92. The quantitative estimate of drug-likeness (QED) is 0.636. The largest absolute Gasteiger partial charge is 0.480 e. The summed E-state index contributed by atoms with van der Waals surface area (Å²) in [6, 6.07) is 2.86. The van der Waals surface area contributed by atoms with Gasteiger partial charge in [0.1, 0.15) is 6.04 Å². The number of rotatable bonds is 8. The second-order valence-electron chi connectivity index (χ2n) is 5.19. The lowest BCUT2D eigenvalue weighted by molar-refractivity contribution is -0.157. The molecule has 1 rings (SSSR count). The molecular weight excluding hydrogens is 365 g/mol. The molecule has 1 atom stereocenters. The van der Waals surface area contributed by atoms with Crippen LogP contribution in [0.5, 0.6) is 0 Å². The number of carbonyl (C=O) groups is 2. The maximum atomic E-state index is 12.4. The fourth-order valence-electron chi connectivity index (χ4n) is 1.90. The van der Waals surface area contributed by atoms with Gasteiger partial charge < -0.3 is 10.4 Å². The number of hydrogen-bond acceptors (Lipinski definition) is 4. The van der Waals surface area contributed by atoms with E-state index in [2.05, 4.69) is 4.72 Å². The molecular formula is C14H17F3N2O5S. The first kappa shape index (κ1) is 20.7. The Bertz CT molecular complexity index is 734. The Labute approximate surface area is 142 Å². The lowest BCUT2D eigenvalue weighted by Gasteiger charge is -2.16. The van der Waals surface area contributed by atoms with Crippen LogP contribution >= 0.6 is 0 Å². The molecule has 1 unspecified atom stereocenters. The highest BCUT2D eigenvalue weighted by Gasteiger charge is 2.36. The van der Waals surface area contributed by atoms with Gasteiger partial charge in [-0.05, 0) is 24.6 Å². The van der Waals surface area contributed by atoms with Crippen molar-refractivity contribution in [1.82, 2.24) is 5.32 Å². The van der Waals surface area contributed by atoms with Gasteiger partial charge in [0.2, 0.25) is 10.0 Å². The van der Waals surface area contributed by atoms with E-state index in [1.54, 1.807) is 12.2 Å². The van der Waals surface area contributed by atoms with Crippen LogP contribution in [-0.2, 0) is 14.8 Å². The van der Waals surface area contributed by atoms with Gasteiger partial charge >= 0.3 is 12.1 Å². The third kappa shape index (κ3) is 7.42. The standard InChI is InChI=1S/C14H17F3N2O5S/c1-2-6-25(23,24)19-10-5-3-4-9(7-10)12(20)18-11(13(21)22)8-14(15,16)17/h3-5,7,11,19H,2,6,8H2,1H3,(H,18,20)(H,21,22). The lowest BCUT2D eigenvalue weighted by atomic mass is 10.1. The molecule has 1 amide bonds. The molecule has 25 heavy (non-hydrogen) atoms. The Balaban J connectivity index is 2.91. The third-order valence-electron chi connectivity index (χ3n) is 2.91. The predicted octanol–water partition coefficient (Wildman–Crippen LogP) is 1.97. The monoisotopic (exact) mass is 382 g/mol. The van der Waals surface area contributed by atoms with Crippen LogP contribution in [0.15, 0.2) is 24.3 Å². The molecule has 0 aliphatic rings. The van der Waals surface area contributed by atoms with E-state index in [4.69, 9.17) is 5.11 Å². The van der Waals surface area contributed by atoms with Crippen molar-refractivity contribution in [2.75, 3.05) is 10.5 Å². The second-order valence-corrected chi connectivity index (χ2v) is 7.03. The highest BCUT2D eigenvalue weighted by atomic mass is 32.2. The molecule has 0 aliphatic carbocycles. The molecule has 3 N–H and O–H groups in total. The Kier molecular flexibility index (Phi) is 6.79. The van der Waals surface area contributed by atoms with Crippen LogP contribution in [0.25, 0.3) is 0 Å². The van der Waals surface area contributed by atoms with E-state index in [0.717, 1.165) is 6.07 Å². The van der Waals surface area contributed by atoms with Gasteiger partial charge in [-0.15, -0.1) is 0 Å². The number of carboxylic acids is 1. The van der Waals surface area contributed by atoms with Crippen LogP contribution in [0, 0.1) is 0 Å². The average Bonchev–Trinajstić information content (AvgIpc) is 2.44. The van der Waals surface area contributed by atoms with Crippen molar-refractivity contribution >= 4 is 27.6 Å². The van der Waals surface area contributed by atoms with E-state index in [0.29, 0.717) is 6.42 Å². The minimum Gasteiger partial charge on any atom is -0.480 e. The lowest BCUT2D eigenvalue weighted by Crippen LogP contribution is -2.43. The molecule has 0 radical (unpaired) electrons. The molecule has 0 saturated carbocycles.